The van der Waals surface area contributed by atoms with E-state index in [0.29, 0.717) is 25.5 Å². The van der Waals surface area contributed by atoms with Gasteiger partial charge in [-0.2, -0.15) is 0 Å². The first-order valence-corrected chi connectivity index (χ1v) is 13.4. The van der Waals surface area contributed by atoms with Crippen molar-refractivity contribution >= 4 is 15.9 Å². The monoisotopic (exact) mass is 464 g/mol. The second kappa shape index (κ2) is 9.69. The highest BCUT2D eigenvalue weighted by Crippen LogP contribution is 2.39. The molecule has 4 aliphatic rings. The van der Waals surface area contributed by atoms with E-state index in [9.17, 15) is 13.2 Å². The van der Waals surface area contributed by atoms with E-state index in [1.54, 1.807) is 18.7 Å². The number of nitrogens with zero attached hydrogens (tertiary/aromatic N) is 1. The molecule has 2 bridgehead atoms. The van der Waals surface area contributed by atoms with Gasteiger partial charge in [-0.15, -0.1) is 0 Å². The summed E-state index contributed by atoms with van der Waals surface area (Å²) in [5.74, 6) is 1.08. The highest BCUT2D eigenvalue weighted by Gasteiger charge is 2.38. The lowest BCUT2D eigenvalue weighted by Gasteiger charge is -2.42. The lowest BCUT2D eigenvalue weighted by molar-refractivity contribution is -0.140. The van der Waals surface area contributed by atoms with Crippen LogP contribution in [0.25, 0.3) is 0 Å². The first-order valence-electron chi connectivity index (χ1n) is 11.9. The molecule has 0 unspecified atom stereocenters. The third kappa shape index (κ3) is 5.13. The van der Waals surface area contributed by atoms with Crippen molar-refractivity contribution in [3.63, 3.8) is 0 Å². The van der Waals surface area contributed by atoms with Crippen LogP contribution in [0, 0.1) is 6.92 Å². The fourth-order valence-electron chi connectivity index (χ4n) is 5.17. The summed E-state index contributed by atoms with van der Waals surface area (Å²) in [5, 5.41) is -0.525. The average Bonchev–Trinajstić information content (AvgIpc) is 2.78. The van der Waals surface area contributed by atoms with E-state index in [4.69, 9.17) is 9.47 Å². The van der Waals surface area contributed by atoms with Crippen LogP contribution in [-0.2, 0) is 19.6 Å². The van der Waals surface area contributed by atoms with Gasteiger partial charge in [0.25, 0.3) is 5.91 Å². The van der Waals surface area contributed by atoms with Gasteiger partial charge in [-0.1, -0.05) is 17.7 Å². The maximum absolute atomic E-state index is 13.2. The van der Waals surface area contributed by atoms with Crippen molar-refractivity contribution in [2.24, 2.45) is 0 Å². The van der Waals surface area contributed by atoms with Gasteiger partial charge in [0.1, 0.15) is 5.75 Å². The van der Waals surface area contributed by atoms with Crippen molar-refractivity contribution in [2.45, 2.75) is 88.7 Å². The smallest absolute Gasteiger partial charge is 0.260 e. The van der Waals surface area contributed by atoms with E-state index in [0.717, 1.165) is 37.9 Å². The minimum atomic E-state index is -3.45. The zero-order valence-electron chi connectivity index (χ0n) is 19.4. The molecule has 3 aliphatic heterocycles. The van der Waals surface area contributed by atoms with Crippen LogP contribution in [-0.4, -0.2) is 62.4 Å². The Hall–Kier alpha value is -1.64. The van der Waals surface area contributed by atoms with Gasteiger partial charge in [0, 0.05) is 12.6 Å². The SMILES string of the molecule is Cc1ccc2c(c1)[C@H]1CC[C@H](CC1)OC[C@H]1[C@@H](NS(=O)(=O)C(C)C)CCCN1C(=O)CO2. The van der Waals surface area contributed by atoms with Crippen LogP contribution < -0.4 is 9.46 Å². The van der Waals surface area contributed by atoms with Gasteiger partial charge in [-0.25, -0.2) is 13.1 Å². The molecule has 1 saturated heterocycles. The molecule has 1 N–H and O–H groups in total. The molecule has 0 aromatic heterocycles. The lowest BCUT2D eigenvalue weighted by Crippen LogP contribution is -2.60. The predicted molar refractivity (Wildman–Crippen MR) is 123 cm³/mol. The first-order chi connectivity index (χ1) is 15.2. The van der Waals surface area contributed by atoms with E-state index in [-0.39, 0.29) is 30.7 Å². The molecule has 1 aromatic rings. The van der Waals surface area contributed by atoms with Gasteiger partial charge in [0.15, 0.2) is 6.61 Å². The lowest BCUT2D eigenvalue weighted by atomic mass is 9.82. The Morgan fingerprint density at radius 1 is 1.12 bits per heavy atom. The summed E-state index contributed by atoms with van der Waals surface area (Å²) in [6, 6.07) is 5.51. The summed E-state index contributed by atoms with van der Waals surface area (Å²) in [4.78, 5) is 15.0. The highest BCUT2D eigenvalue weighted by molar-refractivity contribution is 7.90. The summed E-state index contributed by atoms with van der Waals surface area (Å²) >= 11 is 0. The molecule has 1 aromatic carbocycles. The Morgan fingerprint density at radius 2 is 1.88 bits per heavy atom. The van der Waals surface area contributed by atoms with Gasteiger partial charge in [0.05, 0.1) is 24.0 Å². The number of hydrogen-bond donors (Lipinski definition) is 1. The topological polar surface area (TPSA) is 84.9 Å². The molecule has 0 radical (unpaired) electrons. The number of fused-ring (bicyclic) bond motifs is 5. The number of rotatable bonds is 3. The Morgan fingerprint density at radius 3 is 2.59 bits per heavy atom. The van der Waals surface area contributed by atoms with E-state index < -0.39 is 15.3 Å². The molecule has 2 atom stereocenters. The van der Waals surface area contributed by atoms with Crippen LogP contribution in [0.4, 0.5) is 0 Å². The van der Waals surface area contributed by atoms with Crippen LogP contribution in [0.5, 0.6) is 5.75 Å². The van der Waals surface area contributed by atoms with Crippen LogP contribution in [0.15, 0.2) is 18.2 Å². The molecule has 1 amide bonds. The second-order valence-corrected chi connectivity index (χ2v) is 12.0. The zero-order valence-corrected chi connectivity index (χ0v) is 20.2. The molecular weight excluding hydrogens is 428 g/mol. The maximum Gasteiger partial charge on any atom is 0.260 e. The number of aryl methyl sites for hydroxylation is 1. The van der Waals surface area contributed by atoms with Gasteiger partial charge < -0.3 is 14.4 Å². The van der Waals surface area contributed by atoms with Gasteiger partial charge in [0.2, 0.25) is 10.0 Å². The van der Waals surface area contributed by atoms with E-state index in [2.05, 4.69) is 17.7 Å². The number of piperidine rings is 1. The standard InChI is InChI=1S/C24H36N2O5S/c1-16(2)32(28,29)25-21-5-4-12-26-22(21)14-30-19-9-7-18(8-10-19)20-13-17(3)6-11-23(20)31-15-24(26)27/h6,11,13,16,18-19,21-22,25H,4-5,7-10,12,14-15H2,1-3H3/t18-,19+,21-,22-/m0/s1. The zero-order chi connectivity index (χ0) is 22.9. The van der Waals surface area contributed by atoms with Crippen molar-refractivity contribution in [3.8, 4) is 5.75 Å². The quantitative estimate of drug-likeness (QED) is 0.743. The van der Waals surface area contributed by atoms with Gasteiger partial charge >= 0.3 is 0 Å². The minimum Gasteiger partial charge on any atom is -0.483 e. The van der Waals surface area contributed by atoms with Crippen LogP contribution in [0.1, 0.15) is 69.4 Å². The largest absolute Gasteiger partial charge is 0.483 e. The average molecular weight is 465 g/mol. The molecule has 2 fully saturated rings. The van der Waals surface area contributed by atoms with Gasteiger partial charge in [-0.05, 0) is 76.8 Å². The summed E-state index contributed by atoms with van der Waals surface area (Å²) in [6.45, 7) is 6.30. The number of carbonyl (C=O) groups excluding carboxylic acids is 1. The molecule has 1 saturated carbocycles. The molecule has 32 heavy (non-hydrogen) atoms. The molecule has 1 aliphatic carbocycles. The molecule has 7 nitrogen and oxygen atoms in total. The van der Waals surface area contributed by atoms with Crippen LogP contribution >= 0.6 is 0 Å². The number of amides is 1. The molecule has 178 valence electrons. The number of ether oxygens (including phenoxy) is 2. The highest BCUT2D eigenvalue weighted by atomic mass is 32.2. The number of hydrogen-bond acceptors (Lipinski definition) is 5. The summed E-state index contributed by atoms with van der Waals surface area (Å²) in [5.41, 5.74) is 2.38. The van der Waals surface area contributed by atoms with Crippen molar-refractivity contribution in [1.82, 2.24) is 9.62 Å². The summed E-state index contributed by atoms with van der Waals surface area (Å²) in [6.07, 6.45) is 5.55. The summed E-state index contributed by atoms with van der Waals surface area (Å²) < 4.78 is 40.4. The summed E-state index contributed by atoms with van der Waals surface area (Å²) in [7, 11) is -3.45. The predicted octanol–water partition coefficient (Wildman–Crippen LogP) is 3.12. The Bertz CT molecular complexity index is 924. The molecular formula is C24H36N2O5S. The van der Waals surface area contributed by atoms with Crippen molar-refractivity contribution in [3.05, 3.63) is 29.3 Å². The van der Waals surface area contributed by atoms with Crippen molar-refractivity contribution < 1.29 is 22.7 Å². The van der Waals surface area contributed by atoms with Gasteiger partial charge in [-0.3, -0.25) is 4.79 Å². The number of sulfonamides is 1. The van der Waals surface area contributed by atoms with Crippen LogP contribution in [0.2, 0.25) is 0 Å². The third-order valence-electron chi connectivity index (χ3n) is 7.17. The Labute approximate surface area is 191 Å². The van der Waals surface area contributed by atoms with E-state index >= 15 is 0 Å². The molecule has 8 heteroatoms. The van der Waals surface area contributed by atoms with Crippen LogP contribution in [0.3, 0.4) is 0 Å². The third-order valence-corrected chi connectivity index (χ3v) is 9.04. The fraction of sp³-hybridized carbons (Fsp3) is 0.708. The van der Waals surface area contributed by atoms with Crippen molar-refractivity contribution in [2.75, 3.05) is 19.8 Å². The number of carbonyl (C=O) groups is 1. The first kappa shape index (κ1) is 23.5. The maximum atomic E-state index is 13.2. The van der Waals surface area contributed by atoms with E-state index in [1.165, 1.54) is 11.1 Å². The molecule has 3 heterocycles. The number of nitrogens with one attached hydrogen (secondary N) is 1. The van der Waals surface area contributed by atoms with E-state index in [1.807, 2.05) is 12.1 Å². The number of benzene rings is 1. The fourth-order valence-corrected chi connectivity index (χ4v) is 6.14. The molecule has 5 rings (SSSR count). The second-order valence-electron chi connectivity index (χ2n) is 9.75. The normalized spacial score (nSPS) is 29.4. The Kier molecular flexibility index (Phi) is 7.12. The molecule has 0 spiro atoms. The minimum absolute atomic E-state index is 0.0492. The Balaban J connectivity index is 1.61. The van der Waals surface area contributed by atoms with Crippen molar-refractivity contribution in [1.29, 1.82) is 0 Å².